The van der Waals surface area contributed by atoms with Crippen molar-refractivity contribution in [3.05, 3.63) is 72.6 Å². The Kier molecular flexibility index (Phi) is 7.87. The van der Waals surface area contributed by atoms with Crippen molar-refractivity contribution in [2.24, 2.45) is 5.92 Å². The molecular weight excluding hydrogens is 548 g/mol. The van der Waals surface area contributed by atoms with Gasteiger partial charge in [0.1, 0.15) is 17.8 Å². The normalized spacial score (nSPS) is 19.8. The SMILES string of the molecule is CC(C)CC(NC(=O)Oc1ccc2ccccc2c1)C(=O)N1CCC2C1C(=O)CN2S(=O)(=O)C(=O)c1cccnc1. The van der Waals surface area contributed by atoms with Crippen molar-refractivity contribution in [1.29, 1.82) is 0 Å². The lowest BCUT2D eigenvalue weighted by molar-refractivity contribution is -0.138. The van der Waals surface area contributed by atoms with Crippen LogP contribution in [0.2, 0.25) is 0 Å². The van der Waals surface area contributed by atoms with E-state index in [1.165, 1.54) is 23.2 Å². The van der Waals surface area contributed by atoms with E-state index in [2.05, 4.69) is 10.3 Å². The third kappa shape index (κ3) is 5.70. The number of aromatic nitrogens is 1. The summed E-state index contributed by atoms with van der Waals surface area (Å²) in [6.07, 6.45) is 2.20. The number of benzene rings is 2. The second kappa shape index (κ2) is 11.4. The second-order valence-corrected chi connectivity index (χ2v) is 12.4. The molecule has 2 aromatic carbocycles. The Hall–Kier alpha value is -4.16. The summed E-state index contributed by atoms with van der Waals surface area (Å²) in [4.78, 5) is 57.5. The Morgan fingerprint density at radius 3 is 2.54 bits per heavy atom. The van der Waals surface area contributed by atoms with Gasteiger partial charge >= 0.3 is 6.09 Å². The summed E-state index contributed by atoms with van der Waals surface area (Å²) in [5.41, 5.74) is -0.111. The second-order valence-electron chi connectivity index (χ2n) is 10.6. The molecule has 1 N–H and O–H groups in total. The first-order valence-electron chi connectivity index (χ1n) is 13.3. The number of likely N-dealkylation sites (tertiary alicyclic amines) is 1. The number of pyridine rings is 1. The lowest BCUT2D eigenvalue weighted by atomic mass is 10.0. The minimum Gasteiger partial charge on any atom is -0.410 e. The van der Waals surface area contributed by atoms with Gasteiger partial charge < -0.3 is 15.0 Å². The predicted molar refractivity (Wildman–Crippen MR) is 149 cm³/mol. The molecule has 11 nitrogen and oxygen atoms in total. The maximum absolute atomic E-state index is 13.7. The number of hydrogen-bond donors (Lipinski definition) is 1. The van der Waals surface area contributed by atoms with E-state index in [-0.39, 0.29) is 30.9 Å². The summed E-state index contributed by atoms with van der Waals surface area (Å²) in [5.74, 6) is -0.668. The molecule has 1 aromatic heterocycles. The first kappa shape index (κ1) is 28.4. The van der Waals surface area contributed by atoms with Crippen LogP contribution in [-0.2, 0) is 19.6 Å². The molecule has 41 heavy (non-hydrogen) atoms. The quantitative estimate of drug-likeness (QED) is 0.451. The van der Waals surface area contributed by atoms with Gasteiger partial charge in [-0.05, 0) is 53.8 Å². The largest absolute Gasteiger partial charge is 0.413 e. The van der Waals surface area contributed by atoms with Gasteiger partial charge in [0.05, 0.1) is 18.2 Å². The van der Waals surface area contributed by atoms with Crippen LogP contribution in [0.25, 0.3) is 10.8 Å². The van der Waals surface area contributed by atoms with E-state index in [0.29, 0.717) is 5.75 Å². The van der Waals surface area contributed by atoms with Crippen molar-refractivity contribution < 1.29 is 32.3 Å². The number of Topliss-reactive ketones (excluding diaryl/α,β-unsaturated/α-hetero) is 1. The lowest BCUT2D eigenvalue weighted by Crippen LogP contribution is -2.53. The predicted octanol–water partition coefficient (Wildman–Crippen LogP) is 2.76. The Bertz CT molecular complexity index is 1610. The van der Waals surface area contributed by atoms with Crippen LogP contribution in [0.1, 0.15) is 37.0 Å². The molecule has 2 aliphatic heterocycles. The van der Waals surface area contributed by atoms with Gasteiger partial charge in [-0.15, -0.1) is 0 Å². The number of sulfonamides is 1. The standard InChI is InChI=1S/C29H30N4O7S/c1-18(2)14-23(31-29(37)40-22-10-9-19-6-3-4-7-20(19)15-22)27(35)32-13-11-24-26(32)25(34)17-33(24)41(38,39)28(36)21-8-5-12-30-16-21/h3-10,12,15-16,18,23-24,26H,11,13-14,17H2,1-2H3,(H,31,37). The van der Waals surface area contributed by atoms with Crippen LogP contribution in [-0.4, -0.2) is 76.7 Å². The van der Waals surface area contributed by atoms with Crippen molar-refractivity contribution in [2.45, 2.75) is 44.8 Å². The van der Waals surface area contributed by atoms with Gasteiger partial charge in [-0.2, -0.15) is 4.31 Å². The average Bonchev–Trinajstić information content (AvgIpc) is 3.53. The fraction of sp³-hybridized carbons (Fsp3) is 0.345. The highest BCUT2D eigenvalue weighted by molar-refractivity contribution is 8.04. The van der Waals surface area contributed by atoms with Gasteiger partial charge in [-0.25, -0.2) is 13.2 Å². The molecule has 5 rings (SSSR count). The maximum Gasteiger partial charge on any atom is 0.413 e. The summed E-state index contributed by atoms with van der Waals surface area (Å²) in [7, 11) is -4.53. The number of amides is 2. The van der Waals surface area contributed by atoms with Gasteiger partial charge in [0.15, 0.2) is 5.78 Å². The molecule has 2 fully saturated rings. The van der Waals surface area contributed by atoms with Crippen molar-refractivity contribution in [2.75, 3.05) is 13.1 Å². The molecular formula is C29H30N4O7S. The number of nitrogens with one attached hydrogen (secondary N) is 1. The highest BCUT2D eigenvalue weighted by Gasteiger charge is 2.55. The first-order chi connectivity index (χ1) is 19.6. The van der Waals surface area contributed by atoms with E-state index in [4.69, 9.17) is 4.74 Å². The van der Waals surface area contributed by atoms with E-state index in [9.17, 15) is 27.6 Å². The molecule has 0 bridgehead atoms. The smallest absolute Gasteiger partial charge is 0.410 e. The number of nitrogens with zero attached hydrogens (tertiary/aromatic N) is 3. The highest BCUT2D eigenvalue weighted by atomic mass is 32.2. The Balaban J connectivity index is 1.31. The summed E-state index contributed by atoms with van der Waals surface area (Å²) in [6.45, 7) is 3.37. The zero-order chi connectivity index (χ0) is 29.3. The van der Waals surface area contributed by atoms with Crippen molar-refractivity contribution in [3.63, 3.8) is 0 Å². The molecule has 214 valence electrons. The van der Waals surface area contributed by atoms with Gasteiger partial charge in [0, 0.05) is 18.9 Å². The zero-order valence-corrected chi connectivity index (χ0v) is 23.4. The topological polar surface area (TPSA) is 143 Å². The summed E-state index contributed by atoms with van der Waals surface area (Å²) in [6, 6.07) is 12.7. The number of hydrogen-bond acceptors (Lipinski definition) is 8. The fourth-order valence-electron chi connectivity index (χ4n) is 5.48. The molecule has 12 heteroatoms. The Morgan fingerprint density at radius 2 is 1.83 bits per heavy atom. The highest BCUT2D eigenvalue weighted by Crippen LogP contribution is 2.33. The van der Waals surface area contributed by atoms with E-state index in [1.807, 2.05) is 44.2 Å². The third-order valence-electron chi connectivity index (χ3n) is 7.33. The number of carbonyl (C=O) groups excluding carboxylic acids is 4. The summed E-state index contributed by atoms with van der Waals surface area (Å²) >= 11 is 0. The van der Waals surface area contributed by atoms with Crippen LogP contribution in [0.3, 0.4) is 0 Å². The van der Waals surface area contributed by atoms with Gasteiger partial charge in [-0.3, -0.25) is 19.4 Å². The molecule has 2 saturated heterocycles. The van der Waals surface area contributed by atoms with E-state index >= 15 is 0 Å². The number of fused-ring (bicyclic) bond motifs is 2. The monoisotopic (exact) mass is 578 g/mol. The van der Waals surface area contributed by atoms with E-state index in [1.54, 1.807) is 12.1 Å². The Labute approximate surface area is 237 Å². The molecule has 3 aromatic rings. The van der Waals surface area contributed by atoms with E-state index < -0.39 is 57.6 Å². The molecule has 3 unspecified atom stereocenters. The summed E-state index contributed by atoms with van der Waals surface area (Å²) < 4.78 is 32.8. The summed E-state index contributed by atoms with van der Waals surface area (Å²) in [5, 5.41) is 3.36. The lowest BCUT2D eigenvalue weighted by Gasteiger charge is -2.28. The van der Waals surface area contributed by atoms with Crippen molar-refractivity contribution >= 4 is 43.7 Å². The van der Waals surface area contributed by atoms with Crippen LogP contribution in [0.5, 0.6) is 5.75 Å². The molecule has 3 heterocycles. The average molecular weight is 579 g/mol. The molecule has 3 atom stereocenters. The molecule has 0 saturated carbocycles. The van der Waals surface area contributed by atoms with Gasteiger partial charge in [-0.1, -0.05) is 44.2 Å². The first-order valence-corrected chi connectivity index (χ1v) is 14.8. The molecule has 0 spiro atoms. The molecule has 0 radical (unpaired) electrons. The number of ketones is 1. The van der Waals surface area contributed by atoms with Crippen molar-refractivity contribution in [3.8, 4) is 5.75 Å². The number of ether oxygens (including phenoxy) is 1. The van der Waals surface area contributed by atoms with Gasteiger partial charge in [0.25, 0.3) is 15.1 Å². The molecule has 2 amide bonds. The van der Waals surface area contributed by atoms with Gasteiger partial charge in [0.2, 0.25) is 5.91 Å². The molecule has 2 aliphatic rings. The number of carbonyl (C=O) groups is 4. The maximum atomic E-state index is 13.7. The minimum absolute atomic E-state index is 0.0107. The number of rotatable bonds is 7. The van der Waals surface area contributed by atoms with Crippen LogP contribution in [0.4, 0.5) is 4.79 Å². The third-order valence-corrected chi connectivity index (χ3v) is 9.05. The van der Waals surface area contributed by atoms with Crippen LogP contribution in [0, 0.1) is 5.92 Å². The van der Waals surface area contributed by atoms with Crippen LogP contribution in [0.15, 0.2) is 67.0 Å². The van der Waals surface area contributed by atoms with E-state index in [0.717, 1.165) is 21.3 Å². The zero-order valence-electron chi connectivity index (χ0n) is 22.6. The Morgan fingerprint density at radius 1 is 1.07 bits per heavy atom. The fourth-order valence-corrected chi connectivity index (χ4v) is 6.99. The molecule has 0 aliphatic carbocycles. The van der Waals surface area contributed by atoms with Crippen LogP contribution >= 0.6 is 0 Å². The van der Waals surface area contributed by atoms with Crippen molar-refractivity contribution in [1.82, 2.24) is 19.5 Å². The minimum atomic E-state index is -4.53. The van der Waals surface area contributed by atoms with Crippen LogP contribution < -0.4 is 10.1 Å².